The molecule has 0 aliphatic carbocycles. The topological polar surface area (TPSA) is 117 Å². The first-order valence-electron chi connectivity index (χ1n) is 9.32. The molecule has 1 N–H and O–H groups in total. The maximum Gasteiger partial charge on any atom is 0.408 e. The fourth-order valence-electron chi connectivity index (χ4n) is 2.40. The summed E-state index contributed by atoms with van der Waals surface area (Å²) < 4.78 is 29.6. The number of carbonyl (C=O) groups excluding carboxylic acids is 2. The van der Waals surface area contributed by atoms with Crippen LogP contribution in [0.2, 0.25) is 0 Å². The van der Waals surface area contributed by atoms with E-state index in [2.05, 4.69) is 5.32 Å². The number of nitrogens with zero attached hydrogens (tertiary/aromatic N) is 1. The van der Waals surface area contributed by atoms with Crippen LogP contribution in [-0.4, -0.2) is 35.2 Å². The first-order chi connectivity index (χ1) is 14.6. The molecule has 31 heavy (non-hydrogen) atoms. The Morgan fingerprint density at radius 1 is 1.13 bits per heavy atom. The molecule has 0 saturated heterocycles. The van der Waals surface area contributed by atoms with Crippen LogP contribution in [0, 0.1) is 15.9 Å². The number of halogens is 1. The molecular formula is C21H23FN2O7. The van der Waals surface area contributed by atoms with Gasteiger partial charge < -0.3 is 19.5 Å². The lowest BCUT2D eigenvalue weighted by atomic mass is 10.2. The number of rotatable bonds is 8. The zero-order valence-corrected chi connectivity index (χ0v) is 17.3. The molecule has 0 spiro atoms. The van der Waals surface area contributed by atoms with Crippen LogP contribution in [0.5, 0.6) is 5.75 Å². The molecule has 2 rings (SSSR count). The van der Waals surface area contributed by atoms with Gasteiger partial charge >= 0.3 is 17.7 Å². The quantitative estimate of drug-likeness (QED) is 0.382. The van der Waals surface area contributed by atoms with Crippen molar-refractivity contribution in [3.05, 3.63) is 70.0 Å². The van der Waals surface area contributed by atoms with Gasteiger partial charge in [0.2, 0.25) is 5.75 Å². The fraction of sp³-hybridized carbons (Fsp3) is 0.333. The number of hydrogen-bond donors (Lipinski definition) is 1. The Labute approximate surface area is 178 Å². The Bertz CT molecular complexity index is 929. The molecule has 0 bridgehead atoms. The summed E-state index contributed by atoms with van der Waals surface area (Å²) in [4.78, 5) is 35.0. The third-order valence-corrected chi connectivity index (χ3v) is 3.74. The largest absolute Gasteiger partial charge is 0.482 e. The van der Waals surface area contributed by atoms with Gasteiger partial charge in [-0.25, -0.2) is 14.0 Å². The average molecular weight is 434 g/mol. The Morgan fingerprint density at radius 2 is 1.81 bits per heavy atom. The van der Waals surface area contributed by atoms with Gasteiger partial charge in [-0.3, -0.25) is 10.1 Å². The van der Waals surface area contributed by atoms with E-state index in [-0.39, 0.29) is 6.61 Å². The molecule has 0 aliphatic heterocycles. The van der Waals surface area contributed by atoms with E-state index in [0.29, 0.717) is 5.56 Å². The highest BCUT2D eigenvalue weighted by Gasteiger charge is 2.28. The highest BCUT2D eigenvalue weighted by Crippen LogP contribution is 2.29. The van der Waals surface area contributed by atoms with Crippen molar-refractivity contribution in [2.45, 2.75) is 39.0 Å². The first kappa shape index (κ1) is 23.6. The van der Waals surface area contributed by atoms with Crippen molar-refractivity contribution >= 4 is 17.7 Å². The van der Waals surface area contributed by atoms with Crippen LogP contribution < -0.4 is 10.1 Å². The molecule has 0 radical (unpaired) electrons. The first-order valence-corrected chi connectivity index (χ1v) is 9.32. The lowest BCUT2D eigenvalue weighted by Gasteiger charge is -2.23. The van der Waals surface area contributed by atoms with Gasteiger partial charge in [0, 0.05) is 6.07 Å². The predicted molar refractivity (Wildman–Crippen MR) is 108 cm³/mol. The highest BCUT2D eigenvalue weighted by molar-refractivity contribution is 5.81. The van der Waals surface area contributed by atoms with Gasteiger partial charge in [0.15, 0.2) is 11.9 Å². The van der Waals surface area contributed by atoms with E-state index < -0.39 is 52.5 Å². The maximum absolute atomic E-state index is 14.1. The van der Waals surface area contributed by atoms with E-state index in [9.17, 15) is 24.1 Å². The fourth-order valence-corrected chi connectivity index (χ4v) is 2.40. The van der Waals surface area contributed by atoms with Crippen LogP contribution in [0.15, 0.2) is 48.5 Å². The van der Waals surface area contributed by atoms with Crippen molar-refractivity contribution in [2.24, 2.45) is 0 Å². The van der Waals surface area contributed by atoms with Crippen molar-refractivity contribution in [1.29, 1.82) is 0 Å². The molecule has 0 aromatic heterocycles. The second-order valence-corrected chi connectivity index (χ2v) is 7.45. The van der Waals surface area contributed by atoms with E-state index in [1.165, 1.54) is 0 Å². The number of nitrogens with one attached hydrogen (secondary N) is 1. The van der Waals surface area contributed by atoms with Gasteiger partial charge in [-0.15, -0.1) is 0 Å². The van der Waals surface area contributed by atoms with Crippen LogP contribution in [0.1, 0.15) is 26.3 Å². The summed E-state index contributed by atoms with van der Waals surface area (Å²) >= 11 is 0. The summed E-state index contributed by atoms with van der Waals surface area (Å²) in [5, 5.41) is 13.4. The summed E-state index contributed by atoms with van der Waals surface area (Å²) in [7, 11) is 0. The zero-order chi connectivity index (χ0) is 23.0. The number of alkyl carbamates (subject to hydrolysis) is 1. The normalized spacial score (nSPS) is 11.9. The van der Waals surface area contributed by atoms with E-state index in [4.69, 9.17) is 14.2 Å². The van der Waals surface area contributed by atoms with E-state index in [1.807, 2.05) is 0 Å². The van der Waals surface area contributed by atoms with Crippen molar-refractivity contribution in [3.8, 4) is 5.75 Å². The van der Waals surface area contributed by atoms with E-state index >= 15 is 0 Å². The number of esters is 1. The third-order valence-electron chi connectivity index (χ3n) is 3.74. The van der Waals surface area contributed by atoms with E-state index in [0.717, 1.165) is 18.2 Å². The van der Waals surface area contributed by atoms with E-state index in [1.54, 1.807) is 51.1 Å². The van der Waals surface area contributed by atoms with Gasteiger partial charge in [-0.05, 0) is 32.4 Å². The van der Waals surface area contributed by atoms with Crippen LogP contribution >= 0.6 is 0 Å². The molecule has 166 valence electrons. The zero-order valence-electron chi connectivity index (χ0n) is 17.3. The third kappa shape index (κ3) is 7.57. The number of ether oxygens (including phenoxy) is 3. The molecule has 0 aliphatic rings. The lowest BCUT2D eigenvalue weighted by Crippen LogP contribution is -2.47. The SMILES string of the molecule is CC(C)(C)OC(=O)N[C@@H](COc1c(F)cccc1[N+](=O)[O-])C(=O)OCc1ccccc1. The van der Waals surface area contributed by atoms with Crippen LogP contribution in [0.3, 0.4) is 0 Å². The van der Waals surface area contributed by atoms with Crippen molar-refractivity contribution in [2.75, 3.05) is 6.61 Å². The van der Waals surface area contributed by atoms with Crippen molar-refractivity contribution in [3.63, 3.8) is 0 Å². The molecule has 10 heteroatoms. The molecule has 1 amide bonds. The van der Waals surface area contributed by atoms with Gasteiger partial charge in [0.05, 0.1) is 4.92 Å². The number of hydrogen-bond acceptors (Lipinski definition) is 7. The molecule has 0 unspecified atom stereocenters. The molecule has 0 saturated carbocycles. The molecule has 2 aromatic carbocycles. The number of amides is 1. The second kappa shape index (κ2) is 10.4. The Morgan fingerprint density at radius 3 is 2.42 bits per heavy atom. The molecular weight excluding hydrogens is 411 g/mol. The van der Waals surface area contributed by atoms with Crippen LogP contribution in [0.4, 0.5) is 14.9 Å². The molecule has 0 heterocycles. The number of carbonyl (C=O) groups is 2. The van der Waals surface area contributed by atoms with Crippen molar-refractivity contribution in [1.82, 2.24) is 5.32 Å². The summed E-state index contributed by atoms with van der Waals surface area (Å²) in [6.07, 6.45) is -0.930. The maximum atomic E-state index is 14.1. The summed E-state index contributed by atoms with van der Waals surface area (Å²) in [6.45, 7) is 4.21. The Hall–Kier alpha value is -3.69. The summed E-state index contributed by atoms with van der Waals surface area (Å²) in [5.74, 6) is -2.52. The standard InChI is InChI=1S/C21H23FN2O7/c1-21(2,3)31-20(26)23-16(19(25)30-12-14-8-5-4-6-9-14)13-29-18-15(22)10-7-11-17(18)24(27)28/h4-11,16H,12-13H2,1-3H3,(H,23,26)/t16-/m0/s1. The number of para-hydroxylation sites is 1. The Kier molecular flexibility index (Phi) is 7.89. The molecule has 2 aromatic rings. The number of nitro groups is 1. The monoisotopic (exact) mass is 434 g/mol. The van der Waals surface area contributed by atoms with Gasteiger partial charge in [0.25, 0.3) is 0 Å². The minimum absolute atomic E-state index is 0.0774. The van der Waals surface area contributed by atoms with Crippen LogP contribution in [0.25, 0.3) is 0 Å². The number of benzene rings is 2. The second-order valence-electron chi connectivity index (χ2n) is 7.45. The molecule has 1 atom stereocenters. The predicted octanol–water partition coefficient (Wildman–Crippen LogP) is 3.75. The molecule has 9 nitrogen and oxygen atoms in total. The summed E-state index contributed by atoms with van der Waals surface area (Å²) in [5.41, 5.74) is -0.750. The van der Waals surface area contributed by atoms with Crippen LogP contribution in [-0.2, 0) is 20.9 Å². The lowest BCUT2D eigenvalue weighted by molar-refractivity contribution is -0.386. The smallest absolute Gasteiger partial charge is 0.408 e. The van der Waals surface area contributed by atoms with Crippen molar-refractivity contribution < 1.29 is 33.1 Å². The van der Waals surface area contributed by atoms with Gasteiger partial charge in [-0.1, -0.05) is 36.4 Å². The average Bonchev–Trinajstić information content (AvgIpc) is 2.69. The minimum Gasteiger partial charge on any atom is -0.482 e. The Balaban J connectivity index is 2.14. The minimum atomic E-state index is -1.40. The summed E-state index contributed by atoms with van der Waals surface area (Å²) in [6, 6.07) is 10.6. The van der Waals surface area contributed by atoms with Gasteiger partial charge in [0.1, 0.15) is 18.8 Å². The highest BCUT2D eigenvalue weighted by atomic mass is 19.1. The number of nitro benzene ring substituents is 1. The van der Waals surface area contributed by atoms with Gasteiger partial charge in [-0.2, -0.15) is 0 Å². The molecule has 0 fully saturated rings.